The van der Waals surface area contributed by atoms with Crippen LogP contribution < -0.4 is 5.30 Å². The van der Waals surface area contributed by atoms with Crippen molar-refractivity contribution in [2.75, 3.05) is 12.8 Å². The van der Waals surface area contributed by atoms with E-state index in [-0.39, 0.29) is 0 Å². The second kappa shape index (κ2) is 4.21. The molecule has 74 valence electrons. The van der Waals surface area contributed by atoms with Gasteiger partial charge < -0.3 is 0 Å². The fourth-order valence-electron chi connectivity index (χ4n) is 1.54. The summed E-state index contributed by atoms with van der Waals surface area (Å²) in [6, 6.07) is 8.29. The van der Waals surface area contributed by atoms with E-state index in [0.29, 0.717) is 0 Å². The molecule has 0 amide bonds. The van der Waals surface area contributed by atoms with E-state index in [2.05, 4.69) is 38.1 Å². The second-order valence-electron chi connectivity index (χ2n) is 3.89. The molecule has 1 N–H and O–H groups in total. The van der Waals surface area contributed by atoms with Gasteiger partial charge in [-0.1, -0.05) is 0 Å². The predicted molar refractivity (Wildman–Crippen MR) is 62.4 cm³/mol. The molecule has 2 heteroatoms. The molecular weight excluding hydrogens is 179 g/mol. The Balaban J connectivity index is 2.87. The van der Waals surface area contributed by atoms with E-state index in [1.54, 1.807) is 0 Å². The number of benzene rings is 1. The molecule has 0 aromatic heterocycles. The van der Waals surface area contributed by atoms with Gasteiger partial charge in [0.1, 0.15) is 0 Å². The van der Waals surface area contributed by atoms with Crippen LogP contribution in [-0.4, -0.2) is 17.7 Å². The molecule has 0 aliphatic rings. The Morgan fingerprint density at radius 1 is 1.23 bits per heavy atom. The Hall–Kier alpha value is -0.390. The van der Waals surface area contributed by atoms with Crippen LogP contribution >= 0.6 is 7.49 Å². The molecule has 0 spiro atoms. The van der Waals surface area contributed by atoms with Crippen molar-refractivity contribution in [1.29, 1.82) is 0 Å². The Kier molecular flexibility index (Phi) is 3.47. The van der Waals surface area contributed by atoms with Gasteiger partial charge in [-0.05, 0) is 0 Å². The maximum atomic E-state index is 10.2. The molecule has 0 saturated heterocycles. The molecule has 0 aliphatic heterocycles. The quantitative estimate of drug-likeness (QED) is 0.739. The third kappa shape index (κ3) is 2.79. The summed E-state index contributed by atoms with van der Waals surface area (Å²) < 4.78 is 0. The molecule has 0 saturated carbocycles. The van der Waals surface area contributed by atoms with Crippen LogP contribution in [0.5, 0.6) is 0 Å². The first-order valence-electron chi connectivity index (χ1n) is 4.86. The van der Waals surface area contributed by atoms with Gasteiger partial charge in [0.05, 0.1) is 0 Å². The summed E-state index contributed by atoms with van der Waals surface area (Å²) in [5.41, 5.74) is 1.25. The summed E-state index contributed by atoms with van der Waals surface area (Å²) in [4.78, 5) is 10.2. The zero-order valence-electron chi connectivity index (χ0n) is 8.67. The van der Waals surface area contributed by atoms with E-state index in [1.165, 1.54) is 5.56 Å². The summed E-state index contributed by atoms with van der Waals surface area (Å²) in [6.45, 7) is 6.21. The van der Waals surface area contributed by atoms with Crippen LogP contribution in [0.1, 0.15) is 18.9 Å². The van der Waals surface area contributed by atoms with Crippen molar-refractivity contribution >= 4 is 12.8 Å². The van der Waals surface area contributed by atoms with E-state index >= 15 is 0 Å². The first-order valence-corrected chi connectivity index (χ1v) is 7.51. The number of aryl methyl sites for hydroxylation is 1. The Morgan fingerprint density at radius 3 is 2.23 bits per heavy atom. The van der Waals surface area contributed by atoms with Crippen molar-refractivity contribution in [2.45, 2.75) is 20.3 Å². The van der Waals surface area contributed by atoms with Gasteiger partial charge >= 0.3 is 80.6 Å². The molecule has 0 radical (unpaired) electrons. The summed E-state index contributed by atoms with van der Waals surface area (Å²) >= 11 is 0. The van der Waals surface area contributed by atoms with Crippen molar-refractivity contribution < 1.29 is 4.89 Å². The molecule has 13 heavy (non-hydrogen) atoms. The Labute approximate surface area is 81.2 Å². The average molecular weight is 198 g/mol. The molecule has 0 unspecified atom stereocenters. The van der Waals surface area contributed by atoms with Gasteiger partial charge in [0.25, 0.3) is 0 Å². The Bertz CT molecular complexity index is 264. The van der Waals surface area contributed by atoms with E-state index in [9.17, 15) is 4.89 Å². The second-order valence-corrected chi connectivity index (χ2v) is 7.51. The van der Waals surface area contributed by atoms with E-state index in [4.69, 9.17) is 0 Å². The maximum absolute atomic E-state index is 10.2. The van der Waals surface area contributed by atoms with Gasteiger partial charge in [0, 0.05) is 0 Å². The van der Waals surface area contributed by atoms with Gasteiger partial charge in [0.2, 0.25) is 0 Å². The zero-order chi connectivity index (χ0) is 9.90. The van der Waals surface area contributed by atoms with Gasteiger partial charge in [0.15, 0.2) is 0 Å². The van der Waals surface area contributed by atoms with Crippen LogP contribution in [0.4, 0.5) is 0 Å². The topological polar surface area (TPSA) is 20.2 Å². The van der Waals surface area contributed by atoms with Crippen molar-refractivity contribution in [3.05, 3.63) is 29.8 Å². The van der Waals surface area contributed by atoms with Crippen LogP contribution in [-0.2, 0) is 0 Å². The number of hydrogen-bond acceptors (Lipinski definition) is 1. The summed E-state index contributed by atoms with van der Waals surface area (Å²) in [5.74, 6) is 0. The van der Waals surface area contributed by atoms with Crippen LogP contribution in [0.15, 0.2) is 24.3 Å². The van der Waals surface area contributed by atoms with Crippen molar-refractivity contribution in [3.63, 3.8) is 0 Å². The summed E-state index contributed by atoms with van der Waals surface area (Å²) in [6.07, 6.45) is 2.02. The van der Waals surface area contributed by atoms with Crippen LogP contribution in [0, 0.1) is 6.92 Å². The molecular formula is C11H19OP. The van der Waals surface area contributed by atoms with Crippen molar-refractivity contribution in [2.24, 2.45) is 0 Å². The van der Waals surface area contributed by atoms with Gasteiger partial charge in [-0.2, -0.15) is 0 Å². The molecule has 0 aliphatic carbocycles. The SMILES string of the molecule is CCC[PH](C)(O)c1ccc(C)cc1. The van der Waals surface area contributed by atoms with Gasteiger partial charge in [-0.25, -0.2) is 0 Å². The molecule has 1 rings (SSSR count). The van der Waals surface area contributed by atoms with E-state index < -0.39 is 7.49 Å². The monoisotopic (exact) mass is 198 g/mol. The molecule has 0 atom stereocenters. The molecule has 0 bridgehead atoms. The van der Waals surface area contributed by atoms with Gasteiger partial charge in [-0.3, -0.25) is 0 Å². The molecule has 1 aromatic carbocycles. The third-order valence-corrected chi connectivity index (χ3v) is 5.46. The summed E-state index contributed by atoms with van der Waals surface area (Å²) in [7, 11) is -2.10. The van der Waals surface area contributed by atoms with Gasteiger partial charge in [-0.15, -0.1) is 0 Å². The molecule has 1 nitrogen and oxygen atoms in total. The van der Waals surface area contributed by atoms with Crippen LogP contribution in [0.3, 0.4) is 0 Å². The molecule has 0 fully saturated rings. The minimum atomic E-state index is -2.10. The fraction of sp³-hybridized carbons (Fsp3) is 0.455. The first kappa shape index (κ1) is 10.7. The normalized spacial score (nSPS) is 12.9. The van der Waals surface area contributed by atoms with E-state index in [0.717, 1.165) is 17.9 Å². The van der Waals surface area contributed by atoms with E-state index in [1.807, 2.05) is 6.66 Å². The average Bonchev–Trinajstić information content (AvgIpc) is 2.05. The van der Waals surface area contributed by atoms with Crippen LogP contribution in [0.25, 0.3) is 0 Å². The molecule has 0 heterocycles. The molecule has 1 aromatic rings. The Morgan fingerprint density at radius 2 is 1.77 bits per heavy atom. The van der Waals surface area contributed by atoms with Crippen LogP contribution in [0.2, 0.25) is 0 Å². The third-order valence-electron chi connectivity index (χ3n) is 2.41. The zero-order valence-corrected chi connectivity index (χ0v) is 9.67. The standard InChI is InChI=1S/C11H19OP/c1-4-9-13(3,12)11-7-5-10(2)6-8-11/h5-8,12-13H,4,9H2,1-3H3. The number of rotatable bonds is 3. The summed E-state index contributed by atoms with van der Waals surface area (Å²) in [5, 5.41) is 1.15. The predicted octanol–water partition coefficient (Wildman–Crippen LogP) is 2.32. The minimum absolute atomic E-state index is 0.954. The first-order chi connectivity index (χ1) is 6.06. The fourth-order valence-corrected chi connectivity index (χ4v) is 3.69. The number of hydrogen-bond donors (Lipinski definition) is 1. The van der Waals surface area contributed by atoms with Crippen molar-refractivity contribution in [3.8, 4) is 0 Å². The van der Waals surface area contributed by atoms with Crippen molar-refractivity contribution in [1.82, 2.24) is 0 Å².